The van der Waals surface area contributed by atoms with Gasteiger partial charge in [0.2, 0.25) is 15.9 Å². The van der Waals surface area contributed by atoms with Crippen LogP contribution < -0.4 is 5.32 Å². The molecule has 156 valence electrons. The van der Waals surface area contributed by atoms with Crippen LogP contribution in [0.3, 0.4) is 0 Å². The third kappa shape index (κ3) is 5.60. The summed E-state index contributed by atoms with van der Waals surface area (Å²) in [6.07, 6.45) is 0. The maximum absolute atomic E-state index is 12.8. The van der Waals surface area contributed by atoms with Crippen molar-refractivity contribution in [2.75, 3.05) is 44.3 Å². The molecule has 1 aliphatic rings. The SMILES string of the molecule is Cc1ccc(C)c(SCC(=O)Nc2ccc(S(=O)(=O)N3CCN(C)CC3)cc2)c1. The summed E-state index contributed by atoms with van der Waals surface area (Å²) >= 11 is 1.50. The van der Waals surface area contributed by atoms with Gasteiger partial charge in [-0.3, -0.25) is 4.79 Å². The van der Waals surface area contributed by atoms with Crippen LogP contribution in [0.15, 0.2) is 52.3 Å². The number of likely N-dealkylation sites (N-methyl/N-ethyl adjacent to an activating group) is 1. The average molecular weight is 434 g/mol. The number of piperazine rings is 1. The lowest BCUT2D eigenvalue weighted by Crippen LogP contribution is -2.46. The Labute approximate surface area is 177 Å². The molecule has 1 N–H and O–H groups in total. The van der Waals surface area contributed by atoms with E-state index < -0.39 is 10.0 Å². The van der Waals surface area contributed by atoms with E-state index in [1.54, 1.807) is 24.3 Å². The number of thioether (sulfide) groups is 1. The van der Waals surface area contributed by atoms with Crippen LogP contribution >= 0.6 is 11.8 Å². The summed E-state index contributed by atoms with van der Waals surface area (Å²) < 4.78 is 27.0. The molecule has 3 rings (SSSR count). The van der Waals surface area contributed by atoms with Crippen LogP contribution in [-0.4, -0.2) is 62.5 Å². The van der Waals surface area contributed by atoms with E-state index in [-0.39, 0.29) is 10.8 Å². The Kier molecular flexibility index (Phi) is 7.00. The third-order valence-electron chi connectivity index (χ3n) is 4.94. The number of carbonyl (C=O) groups is 1. The minimum absolute atomic E-state index is 0.120. The van der Waals surface area contributed by atoms with Crippen LogP contribution in [0.4, 0.5) is 5.69 Å². The van der Waals surface area contributed by atoms with Gasteiger partial charge in [-0.15, -0.1) is 11.8 Å². The number of hydrogen-bond donors (Lipinski definition) is 1. The van der Waals surface area contributed by atoms with E-state index >= 15 is 0 Å². The fourth-order valence-corrected chi connectivity index (χ4v) is 5.44. The number of nitrogens with zero attached hydrogens (tertiary/aromatic N) is 2. The summed E-state index contributed by atoms with van der Waals surface area (Å²) in [6, 6.07) is 12.6. The van der Waals surface area contributed by atoms with Crippen molar-refractivity contribution in [1.29, 1.82) is 0 Å². The van der Waals surface area contributed by atoms with Crippen molar-refractivity contribution in [3.8, 4) is 0 Å². The van der Waals surface area contributed by atoms with Crippen LogP contribution in [0.5, 0.6) is 0 Å². The van der Waals surface area contributed by atoms with Crippen molar-refractivity contribution >= 4 is 33.4 Å². The fraction of sp³-hybridized carbons (Fsp3) is 0.381. The van der Waals surface area contributed by atoms with Gasteiger partial charge in [0.1, 0.15) is 0 Å². The second kappa shape index (κ2) is 9.30. The fourth-order valence-electron chi connectivity index (χ4n) is 3.09. The van der Waals surface area contributed by atoms with Gasteiger partial charge in [-0.2, -0.15) is 4.31 Å². The average Bonchev–Trinajstić information content (AvgIpc) is 2.69. The molecule has 0 bridgehead atoms. The number of amides is 1. The number of anilines is 1. The van der Waals surface area contributed by atoms with Gasteiger partial charge in [0.15, 0.2) is 0 Å². The number of benzene rings is 2. The molecular weight excluding hydrogens is 406 g/mol. The molecule has 0 radical (unpaired) electrons. The first kappa shape index (κ1) is 21.8. The van der Waals surface area contributed by atoms with Crippen molar-refractivity contribution < 1.29 is 13.2 Å². The van der Waals surface area contributed by atoms with Gasteiger partial charge < -0.3 is 10.2 Å². The van der Waals surface area contributed by atoms with Crippen molar-refractivity contribution in [3.63, 3.8) is 0 Å². The Bertz CT molecular complexity index is 967. The topological polar surface area (TPSA) is 69.7 Å². The zero-order chi connectivity index (χ0) is 21.0. The van der Waals surface area contributed by atoms with Crippen LogP contribution in [0.2, 0.25) is 0 Å². The summed E-state index contributed by atoms with van der Waals surface area (Å²) in [7, 11) is -1.51. The first-order chi connectivity index (χ1) is 13.8. The Morgan fingerprint density at radius 3 is 2.34 bits per heavy atom. The second-order valence-electron chi connectivity index (χ2n) is 7.34. The Hall–Kier alpha value is -1.87. The summed E-state index contributed by atoms with van der Waals surface area (Å²) in [5.74, 6) is 0.177. The highest BCUT2D eigenvalue weighted by Gasteiger charge is 2.27. The molecule has 1 saturated heterocycles. The quantitative estimate of drug-likeness (QED) is 0.710. The van der Waals surface area contributed by atoms with Crippen molar-refractivity contribution in [2.45, 2.75) is 23.6 Å². The van der Waals surface area contributed by atoms with Gasteiger partial charge in [0, 0.05) is 36.8 Å². The standard InChI is InChI=1S/C21H27N3O3S2/c1-16-4-5-17(2)20(14-16)28-15-21(25)22-18-6-8-19(9-7-18)29(26,27)24-12-10-23(3)11-13-24/h4-9,14H,10-13,15H2,1-3H3,(H,22,25). The van der Waals surface area contributed by atoms with Gasteiger partial charge in [-0.25, -0.2) is 8.42 Å². The molecule has 0 aliphatic carbocycles. The molecule has 1 heterocycles. The highest BCUT2D eigenvalue weighted by Crippen LogP contribution is 2.24. The van der Waals surface area contributed by atoms with Crippen LogP contribution in [0, 0.1) is 13.8 Å². The molecule has 0 saturated carbocycles. The molecule has 2 aromatic rings. The van der Waals surface area contributed by atoms with Crippen LogP contribution in [0.1, 0.15) is 11.1 Å². The number of nitrogens with one attached hydrogen (secondary N) is 1. The molecule has 0 aromatic heterocycles. The van der Waals surface area contributed by atoms with E-state index in [0.717, 1.165) is 29.1 Å². The molecular formula is C21H27N3O3S2. The second-order valence-corrected chi connectivity index (χ2v) is 10.3. The first-order valence-electron chi connectivity index (χ1n) is 9.54. The highest BCUT2D eigenvalue weighted by molar-refractivity contribution is 8.00. The molecule has 0 unspecified atom stereocenters. The molecule has 1 aliphatic heterocycles. The van der Waals surface area contributed by atoms with Gasteiger partial charge >= 0.3 is 0 Å². The number of hydrogen-bond acceptors (Lipinski definition) is 5. The molecule has 0 atom stereocenters. The third-order valence-corrected chi connectivity index (χ3v) is 8.01. The lowest BCUT2D eigenvalue weighted by molar-refractivity contribution is -0.113. The van der Waals surface area contributed by atoms with E-state index in [9.17, 15) is 13.2 Å². The van der Waals surface area contributed by atoms with Crippen molar-refractivity contribution in [3.05, 3.63) is 53.6 Å². The van der Waals surface area contributed by atoms with Gasteiger partial charge in [-0.05, 0) is 56.8 Å². The lowest BCUT2D eigenvalue weighted by atomic mass is 10.2. The summed E-state index contributed by atoms with van der Waals surface area (Å²) in [6.45, 7) is 6.50. The van der Waals surface area contributed by atoms with E-state index in [1.165, 1.54) is 16.1 Å². The molecule has 1 fully saturated rings. The summed E-state index contributed by atoms with van der Waals surface area (Å²) in [5.41, 5.74) is 2.90. The Morgan fingerprint density at radius 2 is 1.69 bits per heavy atom. The molecule has 6 nitrogen and oxygen atoms in total. The number of sulfonamides is 1. The van der Waals surface area contributed by atoms with E-state index in [1.807, 2.05) is 20.9 Å². The summed E-state index contributed by atoms with van der Waals surface area (Å²) in [4.78, 5) is 15.7. The van der Waals surface area contributed by atoms with E-state index in [4.69, 9.17) is 0 Å². The predicted molar refractivity (Wildman–Crippen MR) is 118 cm³/mol. The van der Waals surface area contributed by atoms with Crippen LogP contribution in [0.25, 0.3) is 0 Å². The number of rotatable bonds is 6. The normalized spacial score (nSPS) is 16.0. The maximum atomic E-state index is 12.8. The first-order valence-corrected chi connectivity index (χ1v) is 12.0. The smallest absolute Gasteiger partial charge is 0.243 e. The predicted octanol–water partition coefficient (Wildman–Crippen LogP) is 2.97. The monoisotopic (exact) mass is 433 g/mol. The maximum Gasteiger partial charge on any atom is 0.243 e. The number of carbonyl (C=O) groups excluding carboxylic acids is 1. The van der Waals surface area contributed by atoms with Crippen molar-refractivity contribution in [2.24, 2.45) is 0 Å². The Balaban J connectivity index is 1.58. The lowest BCUT2D eigenvalue weighted by Gasteiger charge is -2.31. The van der Waals surface area contributed by atoms with Crippen LogP contribution in [-0.2, 0) is 14.8 Å². The minimum Gasteiger partial charge on any atom is -0.325 e. The van der Waals surface area contributed by atoms with Gasteiger partial charge in [-0.1, -0.05) is 17.7 Å². The zero-order valence-electron chi connectivity index (χ0n) is 17.0. The van der Waals surface area contributed by atoms with Gasteiger partial charge in [0.05, 0.1) is 10.6 Å². The van der Waals surface area contributed by atoms with Gasteiger partial charge in [0.25, 0.3) is 0 Å². The molecule has 2 aromatic carbocycles. The zero-order valence-corrected chi connectivity index (χ0v) is 18.6. The number of aryl methyl sites for hydroxylation is 2. The van der Waals surface area contributed by atoms with E-state index in [2.05, 4.69) is 28.4 Å². The molecule has 29 heavy (non-hydrogen) atoms. The molecule has 0 spiro atoms. The summed E-state index contributed by atoms with van der Waals surface area (Å²) in [5, 5.41) is 2.84. The molecule has 1 amide bonds. The van der Waals surface area contributed by atoms with Crippen molar-refractivity contribution in [1.82, 2.24) is 9.21 Å². The minimum atomic E-state index is -3.50. The van der Waals surface area contributed by atoms with E-state index in [0.29, 0.717) is 24.5 Å². The molecule has 8 heteroatoms. The largest absolute Gasteiger partial charge is 0.325 e. The Morgan fingerprint density at radius 1 is 1.03 bits per heavy atom. The highest BCUT2D eigenvalue weighted by atomic mass is 32.2.